The third-order valence-electron chi connectivity index (χ3n) is 2.52. The van der Waals surface area contributed by atoms with Crippen LogP contribution in [0.3, 0.4) is 0 Å². The Morgan fingerprint density at radius 3 is 2.88 bits per heavy atom. The number of aliphatic carboxylic acids is 1. The molecular formula is C11H11FN2O3. The summed E-state index contributed by atoms with van der Waals surface area (Å²) in [5.41, 5.74) is -1.47. The molecule has 5 nitrogen and oxygen atoms in total. The molecule has 2 rings (SSSR count). The van der Waals surface area contributed by atoms with Crippen molar-refractivity contribution in [2.75, 3.05) is 5.01 Å². The molecule has 1 aliphatic rings. The quantitative estimate of drug-likeness (QED) is 0.811. The van der Waals surface area contributed by atoms with E-state index in [9.17, 15) is 14.3 Å². The normalized spacial score (nSPS) is 23.7. The number of hydrogen-bond acceptors (Lipinski definition) is 4. The molecular weight excluding hydrogens is 227 g/mol. The van der Waals surface area contributed by atoms with Gasteiger partial charge in [-0.15, -0.1) is 0 Å². The molecule has 0 spiro atoms. The minimum atomic E-state index is -2.14. The Bertz CT molecular complexity index is 503. The van der Waals surface area contributed by atoms with Gasteiger partial charge in [0.1, 0.15) is 5.82 Å². The van der Waals surface area contributed by atoms with Gasteiger partial charge >= 0.3 is 5.97 Å². The Hall–Kier alpha value is -1.95. The molecule has 17 heavy (non-hydrogen) atoms. The molecule has 6 heteroatoms. The van der Waals surface area contributed by atoms with E-state index in [1.165, 1.54) is 18.2 Å². The molecule has 2 N–H and O–H groups in total. The first-order valence-corrected chi connectivity index (χ1v) is 4.99. The molecule has 0 saturated carbocycles. The van der Waals surface area contributed by atoms with Crippen molar-refractivity contribution < 1.29 is 19.4 Å². The van der Waals surface area contributed by atoms with E-state index in [0.29, 0.717) is 5.71 Å². The minimum Gasteiger partial charge on any atom is -0.478 e. The first-order valence-electron chi connectivity index (χ1n) is 4.99. The maximum atomic E-state index is 13.1. The van der Waals surface area contributed by atoms with Gasteiger partial charge in [-0.2, -0.15) is 5.10 Å². The van der Waals surface area contributed by atoms with E-state index in [1.54, 1.807) is 6.92 Å². The number of carboxylic acid groups (broad SMARTS) is 1. The number of rotatable bonds is 2. The average molecular weight is 238 g/mol. The molecule has 90 valence electrons. The van der Waals surface area contributed by atoms with Crippen LogP contribution in [-0.2, 0) is 4.79 Å². The second-order valence-corrected chi connectivity index (χ2v) is 3.93. The first-order chi connectivity index (χ1) is 7.93. The maximum Gasteiger partial charge on any atom is 0.359 e. The van der Waals surface area contributed by atoms with Crippen molar-refractivity contribution in [1.29, 1.82) is 0 Å². The molecule has 0 fully saturated rings. The molecule has 1 aromatic rings. The lowest BCUT2D eigenvalue weighted by molar-refractivity contribution is -0.157. The molecule has 1 aromatic carbocycles. The second kappa shape index (κ2) is 3.81. The van der Waals surface area contributed by atoms with Gasteiger partial charge < -0.3 is 10.2 Å². The van der Waals surface area contributed by atoms with Crippen molar-refractivity contribution in [2.45, 2.75) is 19.1 Å². The van der Waals surface area contributed by atoms with E-state index in [0.717, 1.165) is 11.1 Å². The van der Waals surface area contributed by atoms with Crippen molar-refractivity contribution in [1.82, 2.24) is 0 Å². The molecule has 0 bridgehead atoms. The summed E-state index contributed by atoms with van der Waals surface area (Å²) in [5.74, 6) is -1.93. The molecule has 0 aromatic heterocycles. The van der Waals surface area contributed by atoms with Crippen LogP contribution in [0.25, 0.3) is 0 Å². The minimum absolute atomic E-state index is 0.112. The van der Waals surface area contributed by atoms with Gasteiger partial charge in [0.15, 0.2) is 0 Å². The summed E-state index contributed by atoms with van der Waals surface area (Å²) in [6.45, 7) is 1.60. The van der Waals surface area contributed by atoms with Crippen molar-refractivity contribution >= 4 is 17.4 Å². The Balaban J connectivity index is 2.46. The van der Waals surface area contributed by atoms with Gasteiger partial charge in [0.05, 0.1) is 5.69 Å². The van der Waals surface area contributed by atoms with Crippen molar-refractivity contribution in [3.63, 3.8) is 0 Å². The number of benzene rings is 1. The van der Waals surface area contributed by atoms with E-state index in [2.05, 4.69) is 5.10 Å². The fraction of sp³-hybridized carbons (Fsp3) is 0.273. The van der Waals surface area contributed by atoms with Crippen LogP contribution in [0.5, 0.6) is 0 Å². The van der Waals surface area contributed by atoms with Gasteiger partial charge in [-0.05, 0) is 25.1 Å². The van der Waals surface area contributed by atoms with Crippen molar-refractivity contribution in [3.8, 4) is 0 Å². The van der Waals surface area contributed by atoms with Gasteiger partial charge in [0.2, 0.25) is 0 Å². The SMILES string of the molecule is CC1=NN(c2cccc(F)c2)C(O)(C(=O)O)C1. The summed E-state index contributed by atoms with van der Waals surface area (Å²) in [6.07, 6.45) is -0.112. The lowest BCUT2D eigenvalue weighted by Crippen LogP contribution is -2.50. The van der Waals surface area contributed by atoms with E-state index in [1.807, 2.05) is 0 Å². The zero-order chi connectivity index (χ0) is 12.6. The highest BCUT2D eigenvalue weighted by atomic mass is 19.1. The van der Waals surface area contributed by atoms with Gasteiger partial charge in [0, 0.05) is 12.1 Å². The Morgan fingerprint density at radius 1 is 1.59 bits per heavy atom. The van der Waals surface area contributed by atoms with Crippen LogP contribution in [-0.4, -0.2) is 27.6 Å². The van der Waals surface area contributed by atoms with Gasteiger partial charge in [0.25, 0.3) is 5.72 Å². The summed E-state index contributed by atoms with van der Waals surface area (Å²) in [5, 5.41) is 23.9. The third kappa shape index (κ3) is 1.87. The zero-order valence-corrected chi connectivity index (χ0v) is 9.09. The standard InChI is InChI=1S/C11H11FN2O3/c1-7-6-11(17,10(15)16)14(13-7)9-4-2-3-8(12)5-9/h2-5,17H,6H2,1H3,(H,15,16). The summed E-state index contributed by atoms with van der Waals surface area (Å²) in [7, 11) is 0. The van der Waals surface area contributed by atoms with E-state index in [4.69, 9.17) is 5.11 Å². The number of carboxylic acids is 1. The number of carbonyl (C=O) groups is 1. The smallest absolute Gasteiger partial charge is 0.359 e. The number of halogens is 1. The van der Waals surface area contributed by atoms with Crippen molar-refractivity contribution in [3.05, 3.63) is 30.1 Å². The van der Waals surface area contributed by atoms with Crippen LogP contribution in [0.4, 0.5) is 10.1 Å². The fourth-order valence-corrected chi connectivity index (χ4v) is 1.77. The average Bonchev–Trinajstić information content (AvgIpc) is 2.55. The van der Waals surface area contributed by atoms with Crippen molar-refractivity contribution in [2.24, 2.45) is 5.10 Å². The second-order valence-electron chi connectivity index (χ2n) is 3.93. The largest absolute Gasteiger partial charge is 0.478 e. The molecule has 1 atom stereocenters. The predicted octanol–water partition coefficient (Wildman–Crippen LogP) is 1.18. The number of hydrogen-bond donors (Lipinski definition) is 2. The molecule has 0 aliphatic carbocycles. The topological polar surface area (TPSA) is 73.1 Å². The van der Waals surface area contributed by atoms with Gasteiger partial charge in [-0.3, -0.25) is 0 Å². The van der Waals surface area contributed by atoms with Crippen LogP contribution in [0, 0.1) is 5.82 Å². The highest BCUT2D eigenvalue weighted by Crippen LogP contribution is 2.31. The fourth-order valence-electron chi connectivity index (χ4n) is 1.77. The third-order valence-corrected chi connectivity index (χ3v) is 2.52. The summed E-state index contributed by atoms with van der Waals surface area (Å²) >= 11 is 0. The summed E-state index contributed by atoms with van der Waals surface area (Å²) in [4.78, 5) is 11.1. The van der Waals surface area contributed by atoms with Gasteiger partial charge in [-0.25, -0.2) is 14.2 Å². The lowest BCUT2D eigenvalue weighted by Gasteiger charge is -2.28. The Labute approximate surface area is 96.8 Å². The van der Waals surface area contributed by atoms with Gasteiger partial charge in [-0.1, -0.05) is 6.07 Å². The van der Waals surface area contributed by atoms with Crippen LogP contribution < -0.4 is 5.01 Å². The highest BCUT2D eigenvalue weighted by molar-refractivity contribution is 5.96. The highest BCUT2D eigenvalue weighted by Gasteiger charge is 2.47. The maximum absolute atomic E-state index is 13.1. The molecule has 1 aliphatic heterocycles. The van der Waals surface area contributed by atoms with Crippen LogP contribution in [0.1, 0.15) is 13.3 Å². The molecule has 1 heterocycles. The Morgan fingerprint density at radius 2 is 2.29 bits per heavy atom. The molecule has 0 saturated heterocycles. The van der Waals surface area contributed by atoms with E-state index < -0.39 is 17.5 Å². The molecule has 1 unspecified atom stereocenters. The number of nitrogens with zero attached hydrogens (tertiary/aromatic N) is 2. The van der Waals surface area contributed by atoms with E-state index in [-0.39, 0.29) is 12.1 Å². The monoisotopic (exact) mass is 238 g/mol. The number of aliphatic hydroxyl groups is 1. The number of hydrazone groups is 1. The molecule has 0 radical (unpaired) electrons. The summed E-state index contributed by atoms with van der Waals surface area (Å²) < 4.78 is 13.1. The molecule has 0 amide bonds. The lowest BCUT2D eigenvalue weighted by atomic mass is 10.1. The van der Waals surface area contributed by atoms with Crippen LogP contribution >= 0.6 is 0 Å². The predicted molar refractivity (Wildman–Crippen MR) is 59.2 cm³/mol. The van der Waals surface area contributed by atoms with E-state index >= 15 is 0 Å². The number of anilines is 1. The first kappa shape index (κ1) is 11.5. The zero-order valence-electron chi connectivity index (χ0n) is 9.09. The van der Waals surface area contributed by atoms with Crippen LogP contribution in [0.2, 0.25) is 0 Å². The summed E-state index contributed by atoms with van der Waals surface area (Å²) in [6, 6.07) is 5.27. The Kier molecular flexibility index (Phi) is 2.59. The van der Waals surface area contributed by atoms with Crippen LogP contribution in [0.15, 0.2) is 29.4 Å².